The monoisotopic (exact) mass is 427 g/mol. The Balaban J connectivity index is 2.40. The van der Waals surface area contributed by atoms with Gasteiger partial charge in [0.15, 0.2) is 0 Å². The summed E-state index contributed by atoms with van der Waals surface area (Å²) in [5.41, 5.74) is 0. The summed E-state index contributed by atoms with van der Waals surface area (Å²) in [7, 11) is 0. The van der Waals surface area contributed by atoms with Gasteiger partial charge < -0.3 is 4.90 Å². The van der Waals surface area contributed by atoms with Gasteiger partial charge in [-0.3, -0.25) is 4.79 Å². The van der Waals surface area contributed by atoms with Crippen LogP contribution in [0.2, 0.25) is 0 Å². The van der Waals surface area contributed by atoms with Crippen molar-refractivity contribution in [3.8, 4) is 0 Å². The van der Waals surface area contributed by atoms with Crippen LogP contribution >= 0.6 is 0 Å². The van der Waals surface area contributed by atoms with Gasteiger partial charge in [0.05, 0.1) is 0 Å². The zero-order valence-corrected chi connectivity index (χ0v) is 15.0. The van der Waals surface area contributed by atoms with Crippen molar-refractivity contribution >= 4 is 5.91 Å². The Bertz CT molecular complexity index is 531. The summed E-state index contributed by atoms with van der Waals surface area (Å²) in [6.45, 7) is 0. The van der Waals surface area contributed by atoms with Crippen LogP contribution in [0.4, 0.5) is 39.5 Å². The van der Waals surface area contributed by atoms with Crippen LogP contribution in [0, 0.1) is 0 Å². The summed E-state index contributed by atoms with van der Waals surface area (Å²) in [6.07, 6.45) is -2.45. The minimum Gasteiger partial charge on any atom is -0.331 e. The number of rotatable bonds is 5. The van der Waals surface area contributed by atoms with Crippen LogP contribution in [0.1, 0.15) is 64.2 Å². The molecule has 0 aromatic rings. The first-order valence-corrected chi connectivity index (χ1v) is 9.28. The van der Waals surface area contributed by atoms with E-state index < -0.39 is 41.9 Å². The van der Waals surface area contributed by atoms with Gasteiger partial charge in [-0.1, -0.05) is 38.5 Å². The van der Waals surface area contributed by atoms with Gasteiger partial charge >= 0.3 is 23.9 Å². The van der Waals surface area contributed by atoms with E-state index >= 15 is 0 Å². The third-order valence-electron chi connectivity index (χ3n) is 5.58. The highest BCUT2D eigenvalue weighted by atomic mass is 19.4. The van der Waals surface area contributed by atoms with Crippen molar-refractivity contribution in [3.05, 3.63) is 0 Å². The molecule has 28 heavy (non-hydrogen) atoms. The van der Waals surface area contributed by atoms with E-state index in [9.17, 15) is 44.3 Å². The molecule has 164 valence electrons. The Kier molecular flexibility index (Phi) is 6.55. The van der Waals surface area contributed by atoms with Gasteiger partial charge in [0.2, 0.25) is 0 Å². The third kappa shape index (κ3) is 3.94. The molecule has 0 radical (unpaired) electrons. The molecular weight excluding hydrogens is 405 g/mol. The molecule has 2 saturated carbocycles. The average Bonchev–Trinajstić information content (AvgIpc) is 2.62. The highest BCUT2D eigenvalue weighted by Gasteiger charge is 2.84. The summed E-state index contributed by atoms with van der Waals surface area (Å²) in [5.74, 6) is -22.8. The van der Waals surface area contributed by atoms with E-state index in [0.717, 1.165) is 12.8 Å². The Morgan fingerprint density at radius 3 is 1.29 bits per heavy atom. The van der Waals surface area contributed by atoms with Crippen LogP contribution in [0.15, 0.2) is 0 Å². The summed E-state index contributed by atoms with van der Waals surface area (Å²) < 4.78 is 119. The van der Waals surface area contributed by atoms with Crippen molar-refractivity contribution in [2.75, 3.05) is 0 Å². The first kappa shape index (κ1) is 23.1. The number of hydrogen-bond acceptors (Lipinski definition) is 1. The Labute approximate surface area is 156 Å². The first-order valence-electron chi connectivity index (χ1n) is 9.28. The van der Waals surface area contributed by atoms with E-state index in [0.29, 0.717) is 30.6 Å². The Morgan fingerprint density at radius 2 is 0.964 bits per heavy atom. The topological polar surface area (TPSA) is 20.3 Å². The maximum Gasteiger partial charge on any atom is 0.460 e. The maximum absolute atomic E-state index is 14.3. The molecule has 2 aliphatic rings. The number of hydrogen-bond donors (Lipinski definition) is 0. The predicted molar refractivity (Wildman–Crippen MR) is 81.5 cm³/mol. The summed E-state index contributed by atoms with van der Waals surface area (Å²) >= 11 is 0. The van der Waals surface area contributed by atoms with Crippen molar-refractivity contribution in [2.24, 2.45) is 0 Å². The summed E-state index contributed by atoms with van der Waals surface area (Å²) in [5, 5.41) is 0. The fourth-order valence-electron chi connectivity index (χ4n) is 4.02. The summed E-state index contributed by atoms with van der Waals surface area (Å²) in [6, 6.07) is -1.74. The molecule has 0 atom stereocenters. The van der Waals surface area contributed by atoms with E-state index in [-0.39, 0.29) is 25.7 Å². The zero-order valence-electron chi connectivity index (χ0n) is 15.0. The molecule has 0 bridgehead atoms. The number of amides is 1. The lowest BCUT2D eigenvalue weighted by atomic mass is 9.87. The van der Waals surface area contributed by atoms with Crippen LogP contribution < -0.4 is 0 Å². The molecule has 2 aliphatic carbocycles. The average molecular weight is 427 g/mol. The van der Waals surface area contributed by atoms with Crippen molar-refractivity contribution in [1.29, 1.82) is 0 Å². The van der Waals surface area contributed by atoms with E-state index in [1.54, 1.807) is 0 Å². The SMILES string of the molecule is O=C(N(C1CCCCC1)C1CCCCC1)C(F)(F)C(F)(F)C(F)(F)C(F)(F)F. The number of carbonyl (C=O) groups is 1. The minimum atomic E-state index is -7.05. The van der Waals surface area contributed by atoms with Gasteiger partial charge in [-0.15, -0.1) is 0 Å². The molecule has 0 saturated heterocycles. The van der Waals surface area contributed by atoms with Gasteiger partial charge in [0, 0.05) is 12.1 Å². The largest absolute Gasteiger partial charge is 0.460 e. The molecule has 0 unspecified atom stereocenters. The molecule has 0 aromatic carbocycles. The number of carbonyl (C=O) groups excluding carboxylic acids is 1. The van der Waals surface area contributed by atoms with Gasteiger partial charge in [0.1, 0.15) is 0 Å². The van der Waals surface area contributed by atoms with Crippen LogP contribution in [-0.4, -0.2) is 46.8 Å². The van der Waals surface area contributed by atoms with Crippen molar-refractivity contribution in [1.82, 2.24) is 4.90 Å². The quantitative estimate of drug-likeness (QED) is 0.497. The molecule has 1 amide bonds. The Morgan fingerprint density at radius 1 is 0.607 bits per heavy atom. The minimum absolute atomic E-state index is 0.222. The lowest BCUT2D eigenvalue weighted by molar-refractivity contribution is -0.389. The molecule has 0 N–H and O–H groups in total. The second-order valence-corrected chi connectivity index (χ2v) is 7.52. The predicted octanol–water partition coefficient (Wildman–Crippen LogP) is 5.95. The maximum atomic E-state index is 14.3. The smallest absolute Gasteiger partial charge is 0.331 e. The fraction of sp³-hybridized carbons (Fsp3) is 0.941. The van der Waals surface area contributed by atoms with Crippen molar-refractivity contribution < 1.29 is 44.3 Å². The van der Waals surface area contributed by atoms with Crippen LogP contribution in [-0.2, 0) is 4.79 Å². The molecule has 0 spiro atoms. The summed E-state index contributed by atoms with van der Waals surface area (Å²) in [4.78, 5) is 12.9. The highest BCUT2D eigenvalue weighted by Crippen LogP contribution is 2.54. The van der Waals surface area contributed by atoms with E-state index in [2.05, 4.69) is 0 Å². The molecular formula is C17H22F9NO. The normalized spacial score (nSPS) is 21.6. The van der Waals surface area contributed by atoms with Crippen LogP contribution in [0.25, 0.3) is 0 Å². The highest BCUT2D eigenvalue weighted by molar-refractivity contribution is 5.85. The first-order chi connectivity index (χ1) is 12.7. The molecule has 2 rings (SSSR count). The van der Waals surface area contributed by atoms with Crippen molar-refractivity contribution in [3.63, 3.8) is 0 Å². The van der Waals surface area contributed by atoms with Gasteiger partial charge in [-0.05, 0) is 25.7 Å². The van der Waals surface area contributed by atoms with E-state index in [1.165, 1.54) is 0 Å². The number of alkyl halides is 9. The standard InChI is InChI=1S/C17H22F9NO/c18-14(19,15(20,21)16(22,23)17(24,25)26)13(28)27(11-7-3-1-4-8-11)12-9-5-2-6-10-12/h11-12H,1-10H2. The third-order valence-corrected chi connectivity index (χ3v) is 5.58. The van der Waals surface area contributed by atoms with Gasteiger partial charge in [-0.25, -0.2) is 0 Å². The van der Waals surface area contributed by atoms with E-state index in [1.807, 2.05) is 0 Å². The Hall–Kier alpha value is -1.16. The van der Waals surface area contributed by atoms with Crippen LogP contribution in [0.3, 0.4) is 0 Å². The molecule has 2 fully saturated rings. The van der Waals surface area contributed by atoms with Crippen molar-refractivity contribution in [2.45, 2.75) is 100 Å². The fourth-order valence-corrected chi connectivity index (χ4v) is 4.02. The second kappa shape index (κ2) is 7.93. The second-order valence-electron chi connectivity index (χ2n) is 7.52. The number of halogens is 9. The van der Waals surface area contributed by atoms with Gasteiger partial charge in [0.25, 0.3) is 5.91 Å². The lowest BCUT2D eigenvalue weighted by Gasteiger charge is -2.44. The number of nitrogens with zero attached hydrogens (tertiary/aromatic N) is 1. The molecule has 2 nitrogen and oxygen atoms in total. The lowest BCUT2D eigenvalue weighted by Crippen LogP contribution is -2.67. The molecule has 0 aromatic heterocycles. The van der Waals surface area contributed by atoms with Gasteiger partial charge in [-0.2, -0.15) is 39.5 Å². The molecule has 11 heteroatoms. The van der Waals surface area contributed by atoms with Crippen LogP contribution in [0.5, 0.6) is 0 Å². The van der Waals surface area contributed by atoms with E-state index in [4.69, 9.17) is 0 Å². The zero-order chi connectivity index (χ0) is 21.4. The molecule has 0 heterocycles. The molecule has 0 aliphatic heterocycles.